The number of carbonyl (C=O) groups excluding carboxylic acids is 1. The van der Waals surface area contributed by atoms with Gasteiger partial charge in [0.15, 0.2) is 6.04 Å². The Morgan fingerprint density at radius 3 is 2.68 bits per heavy atom. The lowest BCUT2D eigenvalue weighted by molar-refractivity contribution is -0.142. The van der Waals surface area contributed by atoms with E-state index in [1.165, 1.54) is 0 Å². The molecule has 1 aromatic carbocycles. The van der Waals surface area contributed by atoms with E-state index in [0.29, 0.717) is 25.2 Å². The van der Waals surface area contributed by atoms with Crippen LogP contribution < -0.4 is 5.32 Å². The quantitative estimate of drug-likeness (QED) is 0.841. The van der Waals surface area contributed by atoms with Crippen molar-refractivity contribution in [2.24, 2.45) is 5.92 Å². The highest BCUT2D eigenvalue weighted by Gasteiger charge is 2.24. The Morgan fingerprint density at radius 1 is 1.37 bits per heavy atom. The minimum atomic E-state index is -1.05. The van der Waals surface area contributed by atoms with Gasteiger partial charge < -0.3 is 15.2 Å². The zero-order valence-corrected chi connectivity index (χ0v) is 10.5. The van der Waals surface area contributed by atoms with Crippen molar-refractivity contribution in [1.29, 1.82) is 0 Å². The summed E-state index contributed by atoms with van der Waals surface area (Å²) < 4.78 is 5.20. The fraction of sp³-hybridized carbons (Fsp3) is 0.429. The van der Waals surface area contributed by atoms with Crippen LogP contribution >= 0.6 is 0 Å². The summed E-state index contributed by atoms with van der Waals surface area (Å²) in [7, 11) is 0. The van der Waals surface area contributed by atoms with Gasteiger partial charge in [-0.2, -0.15) is 0 Å². The molecule has 2 N–H and O–H groups in total. The summed E-state index contributed by atoms with van der Waals surface area (Å²) in [5, 5.41) is 11.8. The Bertz CT molecular complexity index is 440. The van der Waals surface area contributed by atoms with Crippen LogP contribution in [0.3, 0.4) is 0 Å². The second kappa shape index (κ2) is 6.33. The van der Waals surface area contributed by atoms with Gasteiger partial charge in [0.2, 0.25) is 5.91 Å². The molecule has 1 heterocycles. The van der Waals surface area contributed by atoms with Crippen LogP contribution in [0.5, 0.6) is 0 Å². The van der Waals surface area contributed by atoms with Gasteiger partial charge in [0.25, 0.3) is 0 Å². The average Bonchev–Trinajstić information content (AvgIpc) is 2.89. The maximum atomic E-state index is 11.9. The molecule has 2 atom stereocenters. The molecule has 1 aromatic rings. The molecule has 102 valence electrons. The van der Waals surface area contributed by atoms with Gasteiger partial charge in [-0.3, -0.25) is 4.79 Å². The summed E-state index contributed by atoms with van der Waals surface area (Å²) in [6, 6.07) is 7.70. The third-order valence-corrected chi connectivity index (χ3v) is 3.18. The highest BCUT2D eigenvalue weighted by Crippen LogP contribution is 2.18. The molecular weight excluding hydrogens is 246 g/mol. The maximum absolute atomic E-state index is 11.9. The molecule has 1 fully saturated rings. The van der Waals surface area contributed by atoms with Crippen LogP contribution in [0.4, 0.5) is 0 Å². The van der Waals surface area contributed by atoms with Crippen LogP contribution in [0.2, 0.25) is 0 Å². The topological polar surface area (TPSA) is 75.6 Å². The van der Waals surface area contributed by atoms with Gasteiger partial charge in [0, 0.05) is 19.6 Å². The highest BCUT2D eigenvalue weighted by molar-refractivity contribution is 5.84. The molecule has 2 rings (SSSR count). The largest absolute Gasteiger partial charge is 0.479 e. The van der Waals surface area contributed by atoms with Crippen molar-refractivity contribution in [2.45, 2.75) is 18.9 Å². The molecule has 0 radical (unpaired) electrons. The summed E-state index contributed by atoms with van der Waals surface area (Å²) in [5.41, 5.74) is 0.575. The molecule has 1 saturated heterocycles. The Hall–Kier alpha value is -1.88. The number of aliphatic carboxylic acids is 1. The monoisotopic (exact) mass is 263 g/mol. The molecule has 19 heavy (non-hydrogen) atoms. The predicted octanol–water partition coefficient (Wildman–Crippen LogP) is 1.36. The first-order valence-corrected chi connectivity index (χ1v) is 6.31. The molecule has 5 heteroatoms. The van der Waals surface area contributed by atoms with E-state index in [2.05, 4.69) is 5.32 Å². The van der Waals surface area contributed by atoms with Crippen molar-refractivity contribution < 1.29 is 19.4 Å². The average molecular weight is 263 g/mol. The zero-order chi connectivity index (χ0) is 13.7. The number of carboxylic acids is 1. The van der Waals surface area contributed by atoms with E-state index >= 15 is 0 Å². The van der Waals surface area contributed by atoms with Crippen LogP contribution in [-0.4, -0.2) is 30.2 Å². The summed E-state index contributed by atoms with van der Waals surface area (Å²) >= 11 is 0. The number of hydrogen-bond donors (Lipinski definition) is 2. The molecule has 5 nitrogen and oxygen atoms in total. The predicted molar refractivity (Wildman–Crippen MR) is 68.5 cm³/mol. The van der Waals surface area contributed by atoms with Crippen molar-refractivity contribution in [2.75, 3.05) is 13.2 Å². The van der Waals surface area contributed by atoms with Gasteiger partial charge in [0.1, 0.15) is 0 Å². The Labute approximate surface area is 111 Å². The fourth-order valence-corrected chi connectivity index (χ4v) is 2.16. The molecule has 1 amide bonds. The van der Waals surface area contributed by atoms with E-state index in [1.54, 1.807) is 30.3 Å². The van der Waals surface area contributed by atoms with Gasteiger partial charge in [-0.15, -0.1) is 0 Å². The van der Waals surface area contributed by atoms with Crippen LogP contribution in [-0.2, 0) is 14.3 Å². The Morgan fingerprint density at radius 2 is 2.11 bits per heavy atom. The summed E-state index contributed by atoms with van der Waals surface area (Å²) in [6.07, 6.45) is 1.17. The lowest BCUT2D eigenvalue weighted by Gasteiger charge is -2.16. The van der Waals surface area contributed by atoms with Gasteiger partial charge in [-0.1, -0.05) is 30.3 Å². The number of rotatable bonds is 5. The molecule has 0 spiro atoms. The fourth-order valence-electron chi connectivity index (χ4n) is 2.16. The molecule has 1 aliphatic heterocycles. The van der Waals surface area contributed by atoms with Gasteiger partial charge in [-0.05, 0) is 17.9 Å². The van der Waals surface area contributed by atoms with Gasteiger partial charge in [0.05, 0.1) is 0 Å². The number of ether oxygens (including phenoxy) is 1. The number of benzene rings is 1. The van der Waals surface area contributed by atoms with Crippen LogP contribution in [0, 0.1) is 5.92 Å². The van der Waals surface area contributed by atoms with E-state index < -0.39 is 12.0 Å². The summed E-state index contributed by atoms with van der Waals surface area (Å²) in [5.74, 6) is -1.10. The first-order valence-electron chi connectivity index (χ1n) is 6.31. The normalized spacial score (nSPS) is 19.9. The maximum Gasteiger partial charge on any atom is 0.330 e. The first kappa shape index (κ1) is 13.5. The van der Waals surface area contributed by atoms with Crippen molar-refractivity contribution in [3.05, 3.63) is 35.9 Å². The molecule has 0 unspecified atom stereocenters. The zero-order valence-electron chi connectivity index (χ0n) is 10.5. The molecule has 0 aromatic heterocycles. The van der Waals surface area contributed by atoms with Crippen LogP contribution in [0.15, 0.2) is 30.3 Å². The molecule has 0 aliphatic carbocycles. The number of carbonyl (C=O) groups is 2. The molecular formula is C14H17NO4. The second-order valence-corrected chi connectivity index (χ2v) is 4.68. The standard InChI is InChI=1S/C14H17NO4/c16-12(8-10-6-7-19-9-10)15-13(14(17)18)11-4-2-1-3-5-11/h1-5,10,13H,6-9H2,(H,15,16)(H,17,18)/t10-,13-/m0/s1. The summed E-state index contributed by atoms with van der Waals surface area (Å²) in [6.45, 7) is 1.26. The minimum absolute atomic E-state index is 0.199. The number of nitrogens with one attached hydrogen (secondary N) is 1. The third-order valence-electron chi connectivity index (χ3n) is 3.18. The smallest absolute Gasteiger partial charge is 0.330 e. The Balaban J connectivity index is 1.97. The molecule has 0 bridgehead atoms. The van der Waals surface area contributed by atoms with E-state index in [4.69, 9.17) is 4.74 Å². The third kappa shape index (κ3) is 3.79. The van der Waals surface area contributed by atoms with Gasteiger partial charge in [-0.25, -0.2) is 4.79 Å². The van der Waals surface area contributed by atoms with E-state index in [0.717, 1.165) is 6.42 Å². The minimum Gasteiger partial charge on any atom is -0.479 e. The van der Waals surface area contributed by atoms with Crippen LogP contribution in [0.25, 0.3) is 0 Å². The SMILES string of the molecule is O=C(C[C@@H]1CCOC1)N[C@H](C(=O)O)c1ccccc1. The van der Waals surface area contributed by atoms with Gasteiger partial charge >= 0.3 is 5.97 Å². The van der Waals surface area contributed by atoms with E-state index in [9.17, 15) is 14.7 Å². The lowest BCUT2D eigenvalue weighted by Crippen LogP contribution is -2.34. The van der Waals surface area contributed by atoms with E-state index in [-0.39, 0.29) is 11.8 Å². The second-order valence-electron chi connectivity index (χ2n) is 4.68. The molecule has 0 saturated carbocycles. The lowest BCUT2D eigenvalue weighted by atomic mass is 10.0. The van der Waals surface area contributed by atoms with E-state index in [1.807, 2.05) is 0 Å². The number of hydrogen-bond acceptors (Lipinski definition) is 3. The number of amides is 1. The Kier molecular flexibility index (Phi) is 4.52. The summed E-state index contributed by atoms with van der Waals surface area (Å²) in [4.78, 5) is 23.1. The first-order chi connectivity index (χ1) is 9.16. The van der Waals surface area contributed by atoms with Crippen LogP contribution in [0.1, 0.15) is 24.4 Å². The van der Waals surface area contributed by atoms with Crippen molar-refractivity contribution in [1.82, 2.24) is 5.32 Å². The van der Waals surface area contributed by atoms with Crippen molar-refractivity contribution >= 4 is 11.9 Å². The van der Waals surface area contributed by atoms with Crippen molar-refractivity contribution in [3.63, 3.8) is 0 Å². The van der Waals surface area contributed by atoms with Crippen molar-refractivity contribution in [3.8, 4) is 0 Å². The number of carboxylic acid groups (broad SMARTS) is 1. The highest BCUT2D eigenvalue weighted by atomic mass is 16.5. The molecule has 1 aliphatic rings.